The predicted molar refractivity (Wildman–Crippen MR) is 81.9 cm³/mol. The smallest absolute Gasteiger partial charge is 0.225 e. The Morgan fingerprint density at radius 2 is 1.90 bits per heavy atom. The summed E-state index contributed by atoms with van der Waals surface area (Å²) in [5.41, 5.74) is 6.16. The number of hydrogen-bond acceptors (Lipinski definition) is 4. The van der Waals surface area contributed by atoms with Crippen LogP contribution in [0.4, 0.5) is 0 Å². The molecule has 5 nitrogen and oxygen atoms in total. The van der Waals surface area contributed by atoms with Gasteiger partial charge in [-0.15, -0.1) is 0 Å². The molecule has 1 saturated carbocycles. The summed E-state index contributed by atoms with van der Waals surface area (Å²) in [4.78, 5) is 17.3. The topological polar surface area (TPSA) is 58.8 Å². The summed E-state index contributed by atoms with van der Waals surface area (Å²) >= 11 is 0. The van der Waals surface area contributed by atoms with Crippen LogP contribution in [0.5, 0.6) is 0 Å². The monoisotopic (exact) mass is 295 g/mol. The summed E-state index contributed by atoms with van der Waals surface area (Å²) in [6.07, 6.45) is 4.10. The number of morpholine rings is 1. The Bertz CT molecular complexity index is 371. The number of hydrogen-bond donors (Lipinski definition) is 1. The molecule has 2 saturated heterocycles. The lowest BCUT2D eigenvalue weighted by Gasteiger charge is -2.34. The predicted octanol–water partition coefficient (Wildman–Crippen LogP) is 0.683. The number of carbonyl (C=O) groups is 1. The third-order valence-electron chi connectivity index (χ3n) is 5.64. The Morgan fingerprint density at radius 1 is 1.14 bits per heavy atom. The van der Waals surface area contributed by atoms with E-state index < -0.39 is 0 Å². The van der Waals surface area contributed by atoms with Crippen LogP contribution >= 0.6 is 0 Å². The Labute approximate surface area is 127 Å². The zero-order valence-electron chi connectivity index (χ0n) is 13.2. The minimum absolute atomic E-state index is 0.166. The van der Waals surface area contributed by atoms with Gasteiger partial charge in [0.15, 0.2) is 0 Å². The number of nitrogens with zero attached hydrogens (tertiary/aromatic N) is 2. The van der Waals surface area contributed by atoms with Gasteiger partial charge in [-0.2, -0.15) is 0 Å². The number of amides is 1. The number of rotatable bonds is 2. The molecule has 120 valence electrons. The van der Waals surface area contributed by atoms with E-state index in [0.29, 0.717) is 17.9 Å². The van der Waals surface area contributed by atoms with Gasteiger partial charge in [-0.3, -0.25) is 9.69 Å². The molecule has 0 aromatic rings. The molecule has 0 bridgehead atoms. The van der Waals surface area contributed by atoms with Gasteiger partial charge in [0.05, 0.1) is 13.2 Å². The summed E-state index contributed by atoms with van der Waals surface area (Å²) in [5, 5.41) is 0. The highest BCUT2D eigenvalue weighted by molar-refractivity contribution is 5.79. The molecule has 2 aliphatic heterocycles. The molecule has 0 aromatic carbocycles. The molecule has 3 fully saturated rings. The fourth-order valence-corrected chi connectivity index (χ4v) is 4.02. The van der Waals surface area contributed by atoms with Gasteiger partial charge in [-0.1, -0.05) is 6.92 Å². The van der Waals surface area contributed by atoms with Crippen molar-refractivity contribution in [2.45, 2.75) is 44.7 Å². The number of ether oxygens (including phenoxy) is 1. The van der Waals surface area contributed by atoms with Crippen LogP contribution < -0.4 is 5.73 Å². The quantitative estimate of drug-likeness (QED) is 0.814. The van der Waals surface area contributed by atoms with E-state index in [1.165, 1.54) is 0 Å². The minimum atomic E-state index is 0.166. The summed E-state index contributed by atoms with van der Waals surface area (Å²) in [7, 11) is 0. The summed E-state index contributed by atoms with van der Waals surface area (Å²) in [6, 6.07) is 0.736. The first-order valence-electron chi connectivity index (χ1n) is 8.51. The molecule has 4 unspecified atom stereocenters. The van der Waals surface area contributed by atoms with Gasteiger partial charge in [0, 0.05) is 44.2 Å². The lowest BCUT2D eigenvalue weighted by atomic mass is 9.79. The van der Waals surface area contributed by atoms with Gasteiger partial charge >= 0.3 is 0 Å². The molecule has 1 aliphatic carbocycles. The summed E-state index contributed by atoms with van der Waals surface area (Å²) < 4.78 is 5.41. The van der Waals surface area contributed by atoms with E-state index in [1.54, 1.807) is 0 Å². The van der Waals surface area contributed by atoms with Crippen molar-refractivity contribution in [3.8, 4) is 0 Å². The SMILES string of the molecule is CC1CCC(C(=O)N2CCC(N3CCOCC3)C2)CC1N. The van der Waals surface area contributed by atoms with Crippen LogP contribution in [0, 0.1) is 11.8 Å². The van der Waals surface area contributed by atoms with E-state index in [1.807, 2.05) is 0 Å². The van der Waals surface area contributed by atoms with Crippen molar-refractivity contribution in [1.29, 1.82) is 0 Å². The highest BCUT2D eigenvalue weighted by atomic mass is 16.5. The first-order chi connectivity index (χ1) is 10.1. The van der Waals surface area contributed by atoms with Crippen LogP contribution in [-0.2, 0) is 9.53 Å². The lowest BCUT2D eigenvalue weighted by molar-refractivity contribution is -0.136. The second kappa shape index (κ2) is 6.63. The minimum Gasteiger partial charge on any atom is -0.379 e. The molecule has 5 heteroatoms. The van der Waals surface area contributed by atoms with E-state index in [4.69, 9.17) is 10.5 Å². The summed E-state index contributed by atoms with van der Waals surface area (Å²) in [5.74, 6) is 1.08. The molecule has 4 atom stereocenters. The standard InChI is InChI=1S/C16H29N3O2/c1-12-2-3-13(10-15(12)17)16(20)19-5-4-14(11-19)18-6-8-21-9-7-18/h12-15H,2-11,17H2,1H3. The van der Waals surface area contributed by atoms with Crippen LogP contribution in [0.3, 0.4) is 0 Å². The molecule has 21 heavy (non-hydrogen) atoms. The molecule has 3 rings (SSSR count). The van der Waals surface area contributed by atoms with Gasteiger partial charge < -0.3 is 15.4 Å². The summed E-state index contributed by atoms with van der Waals surface area (Å²) in [6.45, 7) is 7.72. The highest BCUT2D eigenvalue weighted by Crippen LogP contribution is 2.30. The van der Waals surface area contributed by atoms with E-state index >= 15 is 0 Å². The average molecular weight is 295 g/mol. The molecular weight excluding hydrogens is 266 g/mol. The zero-order chi connectivity index (χ0) is 14.8. The largest absolute Gasteiger partial charge is 0.379 e. The van der Waals surface area contributed by atoms with Crippen molar-refractivity contribution in [3.63, 3.8) is 0 Å². The van der Waals surface area contributed by atoms with Crippen molar-refractivity contribution in [2.75, 3.05) is 39.4 Å². The third-order valence-corrected chi connectivity index (χ3v) is 5.64. The Hall–Kier alpha value is -0.650. The Morgan fingerprint density at radius 3 is 2.62 bits per heavy atom. The van der Waals surface area contributed by atoms with Gasteiger partial charge in [-0.05, 0) is 31.6 Å². The highest BCUT2D eigenvalue weighted by Gasteiger charge is 2.36. The normalized spacial score (nSPS) is 38.7. The molecule has 0 aromatic heterocycles. The Balaban J connectivity index is 1.52. The second-order valence-corrected chi connectivity index (χ2v) is 7.03. The molecule has 2 N–H and O–H groups in total. The lowest BCUT2D eigenvalue weighted by Crippen LogP contribution is -2.46. The maximum Gasteiger partial charge on any atom is 0.225 e. The van der Waals surface area contributed by atoms with E-state index in [0.717, 1.165) is 65.1 Å². The molecule has 3 aliphatic rings. The van der Waals surface area contributed by atoms with Crippen molar-refractivity contribution >= 4 is 5.91 Å². The fraction of sp³-hybridized carbons (Fsp3) is 0.938. The van der Waals surface area contributed by atoms with Crippen molar-refractivity contribution in [1.82, 2.24) is 9.80 Å². The van der Waals surface area contributed by atoms with Gasteiger partial charge in [-0.25, -0.2) is 0 Å². The van der Waals surface area contributed by atoms with E-state index in [-0.39, 0.29) is 12.0 Å². The van der Waals surface area contributed by atoms with Gasteiger partial charge in [0.1, 0.15) is 0 Å². The molecular formula is C16H29N3O2. The van der Waals surface area contributed by atoms with Crippen molar-refractivity contribution in [3.05, 3.63) is 0 Å². The van der Waals surface area contributed by atoms with E-state index in [9.17, 15) is 4.79 Å². The Kier molecular flexibility index (Phi) is 4.82. The first-order valence-corrected chi connectivity index (χ1v) is 8.51. The number of likely N-dealkylation sites (tertiary alicyclic amines) is 1. The number of carbonyl (C=O) groups excluding carboxylic acids is 1. The van der Waals surface area contributed by atoms with E-state index in [2.05, 4.69) is 16.7 Å². The molecule has 0 spiro atoms. The molecule has 1 amide bonds. The van der Waals surface area contributed by atoms with Crippen LogP contribution in [0.15, 0.2) is 0 Å². The van der Waals surface area contributed by atoms with Crippen molar-refractivity contribution < 1.29 is 9.53 Å². The average Bonchev–Trinajstić information content (AvgIpc) is 3.00. The van der Waals surface area contributed by atoms with Crippen LogP contribution in [0.25, 0.3) is 0 Å². The maximum atomic E-state index is 12.7. The fourth-order valence-electron chi connectivity index (χ4n) is 4.02. The van der Waals surface area contributed by atoms with Crippen LogP contribution in [-0.4, -0.2) is 67.2 Å². The van der Waals surface area contributed by atoms with Gasteiger partial charge in [0.2, 0.25) is 5.91 Å². The second-order valence-electron chi connectivity index (χ2n) is 7.03. The van der Waals surface area contributed by atoms with Crippen LogP contribution in [0.1, 0.15) is 32.6 Å². The molecule has 2 heterocycles. The zero-order valence-corrected chi connectivity index (χ0v) is 13.2. The molecule has 0 radical (unpaired) electrons. The number of nitrogens with two attached hydrogens (primary N) is 1. The third kappa shape index (κ3) is 3.41. The first kappa shape index (κ1) is 15.3. The van der Waals surface area contributed by atoms with Crippen LogP contribution in [0.2, 0.25) is 0 Å². The van der Waals surface area contributed by atoms with Gasteiger partial charge in [0.25, 0.3) is 0 Å². The maximum absolute atomic E-state index is 12.7. The van der Waals surface area contributed by atoms with Crippen molar-refractivity contribution in [2.24, 2.45) is 17.6 Å².